The van der Waals surface area contributed by atoms with E-state index in [1.807, 2.05) is 31.2 Å². The predicted octanol–water partition coefficient (Wildman–Crippen LogP) is 2.51. The first-order valence-electron chi connectivity index (χ1n) is 7.60. The van der Waals surface area contributed by atoms with Gasteiger partial charge in [0.2, 0.25) is 5.91 Å². The number of carbonyl (C=O) groups excluding carboxylic acids is 2. The Morgan fingerprint density at radius 2 is 1.74 bits per heavy atom. The molecule has 5 nitrogen and oxygen atoms in total. The number of esters is 1. The summed E-state index contributed by atoms with van der Waals surface area (Å²) < 4.78 is 5.18. The highest BCUT2D eigenvalue weighted by atomic mass is 35.5. The lowest BCUT2D eigenvalue weighted by molar-refractivity contribution is -0.148. The summed E-state index contributed by atoms with van der Waals surface area (Å²) in [6, 6.07) is 7.32. The van der Waals surface area contributed by atoms with E-state index in [1.54, 1.807) is 20.8 Å². The number of aryl methyl sites for hydroxylation is 1. The van der Waals surface area contributed by atoms with Gasteiger partial charge in [-0.05, 0) is 26.3 Å². The van der Waals surface area contributed by atoms with Gasteiger partial charge in [0, 0.05) is 12.5 Å². The molecule has 0 aliphatic rings. The quantitative estimate of drug-likeness (QED) is 0.746. The minimum absolute atomic E-state index is 0. The van der Waals surface area contributed by atoms with Crippen LogP contribution in [-0.2, 0) is 14.3 Å². The zero-order valence-corrected chi connectivity index (χ0v) is 15.0. The molecule has 1 aromatic rings. The minimum Gasteiger partial charge on any atom is -0.463 e. The SMILES string of the molecule is Cc1ccc(C(CC(=O)OC(C)C)NC(=O)C(C)CN)cc1.Cl. The molecule has 3 N–H and O–H groups in total. The van der Waals surface area contributed by atoms with E-state index < -0.39 is 6.04 Å². The largest absolute Gasteiger partial charge is 0.463 e. The summed E-state index contributed by atoms with van der Waals surface area (Å²) in [6.07, 6.45) is -0.0746. The van der Waals surface area contributed by atoms with Crippen LogP contribution in [0.15, 0.2) is 24.3 Å². The van der Waals surface area contributed by atoms with Gasteiger partial charge < -0.3 is 15.8 Å². The molecule has 0 saturated heterocycles. The third-order valence-electron chi connectivity index (χ3n) is 3.34. The summed E-state index contributed by atoms with van der Waals surface area (Å²) >= 11 is 0. The zero-order chi connectivity index (χ0) is 16.7. The first kappa shape index (κ1) is 21.4. The fourth-order valence-corrected chi connectivity index (χ4v) is 1.95. The number of benzene rings is 1. The maximum atomic E-state index is 12.1. The summed E-state index contributed by atoms with van der Waals surface area (Å²) in [7, 11) is 0. The smallest absolute Gasteiger partial charge is 0.308 e. The molecule has 0 aromatic heterocycles. The minimum atomic E-state index is -0.409. The van der Waals surface area contributed by atoms with Gasteiger partial charge in [-0.15, -0.1) is 12.4 Å². The van der Waals surface area contributed by atoms with Crippen LogP contribution in [0.2, 0.25) is 0 Å². The van der Waals surface area contributed by atoms with E-state index in [4.69, 9.17) is 10.5 Å². The van der Waals surface area contributed by atoms with Crippen molar-refractivity contribution in [2.24, 2.45) is 11.7 Å². The van der Waals surface area contributed by atoms with Crippen LogP contribution in [0.25, 0.3) is 0 Å². The number of halogens is 1. The molecule has 2 atom stereocenters. The van der Waals surface area contributed by atoms with Gasteiger partial charge in [-0.1, -0.05) is 36.8 Å². The molecule has 0 radical (unpaired) electrons. The number of nitrogens with two attached hydrogens (primary N) is 1. The molecule has 1 rings (SSSR count). The molecule has 0 aliphatic carbocycles. The van der Waals surface area contributed by atoms with Crippen molar-refractivity contribution in [2.45, 2.75) is 46.3 Å². The fourth-order valence-electron chi connectivity index (χ4n) is 1.95. The number of ether oxygens (including phenoxy) is 1. The van der Waals surface area contributed by atoms with E-state index >= 15 is 0 Å². The average molecular weight is 343 g/mol. The third-order valence-corrected chi connectivity index (χ3v) is 3.34. The summed E-state index contributed by atoms with van der Waals surface area (Å²) in [4.78, 5) is 24.0. The Labute approximate surface area is 144 Å². The predicted molar refractivity (Wildman–Crippen MR) is 93.4 cm³/mol. The monoisotopic (exact) mass is 342 g/mol. The van der Waals surface area contributed by atoms with E-state index in [-0.39, 0.29) is 49.3 Å². The van der Waals surface area contributed by atoms with Gasteiger partial charge in [0.15, 0.2) is 0 Å². The Bertz CT molecular complexity index is 503. The van der Waals surface area contributed by atoms with Crippen molar-refractivity contribution in [1.29, 1.82) is 0 Å². The van der Waals surface area contributed by atoms with Gasteiger partial charge in [-0.2, -0.15) is 0 Å². The first-order valence-corrected chi connectivity index (χ1v) is 7.60. The van der Waals surface area contributed by atoms with Crippen molar-refractivity contribution in [1.82, 2.24) is 5.32 Å². The van der Waals surface area contributed by atoms with Gasteiger partial charge in [0.05, 0.1) is 18.6 Å². The van der Waals surface area contributed by atoms with Gasteiger partial charge in [0.25, 0.3) is 0 Å². The molecule has 2 unspecified atom stereocenters. The van der Waals surface area contributed by atoms with Crippen LogP contribution in [0.4, 0.5) is 0 Å². The Morgan fingerprint density at radius 3 is 2.22 bits per heavy atom. The molecular weight excluding hydrogens is 316 g/mol. The highest BCUT2D eigenvalue weighted by Gasteiger charge is 2.22. The summed E-state index contributed by atoms with van der Waals surface area (Å²) in [5.74, 6) is -0.791. The number of amides is 1. The van der Waals surface area contributed by atoms with Gasteiger partial charge >= 0.3 is 5.97 Å². The maximum absolute atomic E-state index is 12.1. The van der Waals surface area contributed by atoms with Crippen LogP contribution in [0.1, 0.15) is 44.4 Å². The van der Waals surface area contributed by atoms with E-state index in [2.05, 4.69) is 5.32 Å². The van der Waals surface area contributed by atoms with E-state index in [0.29, 0.717) is 0 Å². The Balaban J connectivity index is 0.00000484. The van der Waals surface area contributed by atoms with Crippen LogP contribution in [0, 0.1) is 12.8 Å². The molecule has 0 saturated carbocycles. The molecule has 1 aromatic carbocycles. The second-order valence-corrected chi connectivity index (χ2v) is 5.85. The van der Waals surface area contributed by atoms with Crippen molar-refractivity contribution in [3.8, 4) is 0 Å². The molecule has 0 aliphatic heterocycles. The summed E-state index contributed by atoms with van der Waals surface area (Å²) in [5, 5.41) is 2.89. The molecular formula is C17H27ClN2O3. The number of nitrogens with one attached hydrogen (secondary N) is 1. The summed E-state index contributed by atoms with van der Waals surface area (Å²) in [5.41, 5.74) is 7.52. The number of hydrogen-bond acceptors (Lipinski definition) is 4. The van der Waals surface area contributed by atoms with Crippen molar-refractivity contribution >= 4 is 24.3 Å². The lowest BCUT2D eigenvalue weighted by Gasteiger charge is -2.21. The van der Waals surface area contributed by atoms with Crippen LogP contribution >= 0.6 is 12.4 Å². The number of carbonyl (C=O) groups is 2. The second-order valence-electron chi connectivity index (χ2n) is 5.85. The fraction of sp³-hybridized carbons (Fsp3) is 0.529. The standard InChI is InChI=1S/C17H26N2O3.ClH/c1-11(2)22-16(20)9-15(19-17(21)13(4)10-18)14-7-5-12(3)6-8-14;/h5-8,11,13,15H,9-10,18H2,1-4H3,(H,19,21);1H. The zero-order valence-electron chi connectivity index (χ0n) is 14.2. The Morgan fingerprint density at radius 1 is 1.17 bits per heavy atom. The lowest BCUT2D eigenvalue weighted by atomic mass is 10.0. The van der Waals surface area contributed by atoms with E-state index in [9.17, 15) is 9.59 Å². The Hall–Kier alpha value is -1.59. The second kappa shape index (κ2) is 10.2. The van der Waals surface area contributed by atoms with Crippen molar-refractivity contribution in [3.63, 3.8) is 0 Å². The number of rotatable bonds is 7. The third kappa shape index (κ3) is 7.48. The average Bonchev–Trinajstić information content (AvgIpc) is 2.45. The molecule has 6 heteroatoms. The van der Waals surface area contributed by atoms with E-state index in [1.165, 1.54) is 0 Å². The Kier molecular flexibility index (Phi) is 9.53. The van der Waals surface area contributed by atoms with Gasteiger partial charge in [-0.3, -0.25) is 9.59 Å². The molecule has 0 heterocycles. The van der Waals surface area contributed by atoms with Crippen LogP contribution in [0.5, 0.6) is 0 Å². The summed E-state index contributed by atoms with van der Waals surface area (Å²) in [6.45, 7) is 7.61. The highest BCUT2D eigenvalue weighted by Crippen LogP contribution is 2.19. The highest BCUT2D eigenvalue weighted by molar-refractivity contribution is 5.85. The van der Waals surface area contributed by atoms with Crippen LogP contribution < -0.4 is 11.1 Å². The molecule has 0 fully saturated rings. The van der Waals surface area contributed by atoms with Gasteiger partial charge in [0.1, 0.15) is 0 Å². The maximum Gasteiger partial charge on any atom is 0.308 e. The topological polar surface area (TPSA) is 81.4 Å². The van der Waals surface area contributed by atoms with Crippen molar-refractivity contribution in [2.75, 3.05) is 6.54 Å². The van der Waals surface area contributed by atoms with Crippen LogP contribution in [0.3, 0.4) is 0 Å². The molecule has 0 spiro atoms. The number of hydrogen-bond donors (Lipinski definition) is 2. The van der Waals surface area contributed by atoms with Gasteiger partial charge in [-0.25, -0.2) is 0 Å². The normalized spacial score (nSPS) is 13.0. The molecule has 130 valence electrons. The van der Waals surface area contributed by atoms with Crippen molar-refractivity contribution < 1.29 is 14.3 Å². The van der Waals surface area contributed by atoms with E-state index in [0.717, 1.165) is 11.1 Å². The molecule has 0 bridgehead atoms. The van der Waals surface area contributed by atoms with Crippen LogP contribution in [-0.4, -0.2) is 24.5 Å². The lowest BCUT2D eigenvalue weighted by Crippen LogP contribution is -2.37. The van der Waals surface area contributed by atoms with Crippen molar-refractivity contribution in [3.05, 3.63) is 35.4 Å². The molecule has 23 heavy (non-hydrogen) atoms. The first-order chi connectivity index (χ1) is 10.3. The molecule has 1 amide bonds.